The molecular weight excluding hydrogens is 433 g/mol. The third kappa shape index (κ3) is 4.54. The van der Waals surface area contributed by atoms with Gasteiger partial charge in [-0.25, -0.2) is 12.8 Å². The van der Waals surface area contributed by atoms with Crippen LogP contribution in [0.25, 0.3) is 0 Å². The van der Waals surface area contributed by atoms with Crippen molar-refractivity contribution < 1.29 is 22.4 Å². The van der Waals surface area contributed by atoms with Crippen LogP contribution in [0.3, 0.4) is 0 Å². The molecule has 0 aromatic heterocycles. The first-order valence-electron chi connectivity index (χ1n) is 10.7. The molecule has 2 aliphatic heterocycles. The van der Waals surface area contributed by atoms with Gasteiger partial charge in [0.25, 0.3) is 0 Å². The summed E-state index contributed by atoms with van der Waals surface area (Å²) in [6, 6.07) is 12.5. The summed E-state index contributed by atoms with van der Waals surface area (Å²) in [6.45, 7) is 3.51. The van der Waals surface area contributed by atoms with E-state index in [0.717, 1.165) is 11.1 Å². The molecule has 0 N–H and O–H groups in total. The van der Waals surface area contributed by atoms with Crippen molar-refractivity contribution in [3.8, 4) is 0 Å². The number of carbonyl (C=O) groups excluding carboxylic acids is 2. The second-order valence-electron chi connectivity index (χ2n) is 8.30. The molecule has 2 fully saturated rings. The molecule has 2 aromatic carbocycles. The van der Waals surface area contributed by atoms with Crippen molar-refractivity contribution in [3.63, 3.8) is 0 Å². The molecule has 0 unspecified atom stereocenters. The Bertz CT molecular complexity index is 1110. The van der Waals surface area contributed by atoms with Gasteiger partial charge in [0.1, 0.15) is 5.82 Å². The average Bonchev–Trinajstić information content (AvgIpc) is 2.79. The SMILES string of the molecule is Cc1cccc(S(=O)(=O)N2CCC(N3CCN(Cc4ccc(F)cc4)C(=O)C3=O)CC2)c1. The molecule has 7 nitrogen and oxygen atoms in total. The van der Waals surface area contributed by atoms with E-state index in [-0.39, 0.29) is 23.3 Å². The number of hydrogen-bond acceptors (Lipinski definition) is 4. The smallest absolute Gasteiger partial charge is 0.312 e. The van der Waals surface area contributed by atoms with Gasteiger partial charge in [-0.3, -0.25) is 9.59 Å². The molecule has 2 aromatic rings. The Balaban J connectivity index is 1.36. The van der Waals surface area contributed by atoms with Gasteiger partial charge in [0.15, 0.2) is 0 Å². The first kappa shape index (κ1) is 22.4. The van der Waals surface area contributed by atoms with Crippen LogP contribution in [0, 0.1) is 12.7 Å². The van der Waals surface area contributed by atoms with Crippen molar-refractivity contribution in [1.82, 2.24) is 14.1 Å². The van der Waals surface area contributed by atoms with Gasteiger partial charge in [0, 0.05) is 38.8 Å². The molecule has 2 heterocycles. The van der Waals surface area contributed by atoms with Gasteiger partial charge >= 0.3 is 11.8 Å². The Morgan fingerprint density at radius 1 is 0.938 bits per heavy atom. The van der Waals surface area contributed by atoms with E-state index in [0.29, 0.717) is 39.0 Å². The van der Waals surface area contributed by atoms with Crippen LogP contribution in [0.2, 0.25) is 0 Å². The fourth-order valence-electron chi connectivity index (χ4n) is 4.32. The van der Waals surface area contributed by atoms with Crippen molar-refractivity contribution in [2.45, 2.75) is 37.2 Å². The topological polar surface area (TPSA) is 78.0 Å². The van der Waals surface area contributed by atoms with E-state index < -0.39 is 21.8 Å². The van der Waals surface area contributed by atoms with Crippen LogP contribution < -0.4 is 0 Å². The molecule has 0 radical (unpaired) electrons. The van der Waals surface area contributed by atoms with Crippen LogP contribution in [0.5, 0.6) is 0 Å². The van der Waals surface area contributed by atoms with Crippen molar-refractivity contribution in [2.24, 2.45) is 0 Å². The Morgan fingerprint density at radius 3 is 2.28 bits per heavy atom. The number of piperidine rings is 1. The molecule has 0 spiro atoms. The maximum Gasteiger partial charge on any atom is 0.312 e. The van der Waals surface area contributed by atoms with E-state index in [4.69, 9.17) is 0 Å². The molecule has 32 heavy (non-hydrogen) atoms. The third-order valence-corrected chi connectivity index (χ3v) is 8.01. The lowest BCUT2D eigenvalue weighted by atomic mass is 10.0. The number of sulfonamides is 1. The van der Waals surface area contributed by atoms with E-state index in [1.165, 1.54) is 21.3 Å². The van der Waals surface area contributed by atoms with Crippen LogP contribution in [0.15, 0.2) is 53.4 Å². The number of piperazine rings is 1. The number of benzene rings is 2. The molecule has 9 heteroatoms. The molecule has 0 bridgehead atoms. The minimum atomic E-state index is -3.58. The normalized spacial score (nSPS) is 18.9. The number of halogens is 1. The van der Waals surface area contributed by atoms with E-state index in [2.05, 4.69) is 0 Å². The molecular formula is C23H26FN3O4S. The highest BCUT2D eigenvalue weighted by Gasteiger charge is 2.39. The summed E-state index contributed by atoms with van der Waals surface area (Å²) < 4.78 is 40.4. The summed E-state index contributed by atoms with van der Waals surface area (Å²) in [6.07, 6.45) is 0.976. The highest BCUT2D eigenvalue weighted by molar-refractivity contribution is 7.89. The maximum absolute atomic E-state index is 13.1. The van der Waals surface area contributed by atoms with E-state index in [1.54, 1.807) is 35.2 Å². The number of amides is 2. The zero-order valence-corrected chi connectivity index (χ0v) is 18.7. The number of hydrogen-bond donors (Lipinski definition) is 0. The molecule has 0 saturated carbocycles. The number of aryl methyl sites for hydroxylation is 1. The fourth-order valence-corrected chi connectivity index (χ4v) is 5.89. The molecule has 170 valence electrons. The van der Waals surface area contributed by atoms with Crippen LogP contribution in [-0.2, 0) is 26.2 Å². The lowest BCUT2D eigenvalue weighted by molar-refractivity contribution is -0.158. The molecule has 0 aliphatic carbocycles. The van der Waals surface area contributed by atoms with Crippen LogP contribution in [0.4, 0.5) is 4.39 Å². The van der Waals surface area contributed by atoms with Gasteiger partial charge in [0.05, 0.1) is 4.90 Å². The Kier molecular flexibility index (Phi) is 6.30. The Labute approximate surface area is 187 Å². The zero-order chi connectivity index (χ0) is 22.9. The highest BCUT2D eigenvalue weighted by atomic mass is 32.2. The molecule has 2 saturated heterocycles. The summed E-state index contributed by atoms with van der Waals surface area (Å²) in [7, 11) is -3.58. The first-order valence-corrected chi connectivity index (χ1v) is 12.1. The van der Waals surface area contributed by atoms with E-state index in [1.807, 2.05) is 13.0 Å². The molecule has 2 aliphatic rings. The second-order valence-corrected chi connectivity index (χ2v) is 10.2. The molecule has 0 atom stereocenters. The average molecular weight is 460 g/mol. The minimum absolute atomic E-state index is 0.164. The van der Waals surface area contributed by atoms with Gasteiger partial charge in [-0.15, -0.1) is 0 Å². The highest BCUT2D eigenvalue weighted by Crippen LogP contribution is 2.25. The Morgan fingerprint density at radius 2 is 1.62 bits per heavy atom. The minimum Gasteiger partial charge on any atom is -0.330 e. The summed E-state index contributed by atoms with van der Waals surface area (Å²) in [5.74, 6) is -1.48. The summed E-state index contributed by atoms with van der Waals surface area (Å²) in [5.41, 5.74) is 1.64. The first-order chi connectivity index (χ1) is 15.3. The Hall–Kier alpha value is -2.78. The summed E-state index contributed by atoms with van der Waals surface area (Å²) >= 11 is 0. The van der Waals surface area contributed by atoms with Gasteiger partial charge in [-0.2, -0.15) is 4.31 Å². The van der Waals surface area contributed by atoms with Crippen molar-refractivity contribution in [3.05, 3.63) is 65.5 Å². The quantitative estimate of drug-likeness (QED) is 0.642. The van der Waals surface area contributed by atoms with Crippen LogP contribution in [0.1, 0.15) is 24.0 Å². The molecule has 4 rings (SSSR count). The predicted octanol–water partition coefficient (Wildman–Crippen LogP) is 2.16. The predicted molar refractivity (Wildman–Crippen MR) is 116 cm³/mol. The van der Waals surface area contributed by atoms with Gasteiger partial charge in [-0.05, 0) is 55.2 Å². The third-order valence-electron chi connectivity index (χ3n) is 6.12. The van der Waals surface area contributed by atoms with Gasteiger partial charge in [-0.1, -0.05) is 24.3 Å². The monoisotopic (exact) mass is 459 g/mol. The maximum atomic E-state index is 13.1. The van der Waals surface area contributed by atoms with Crippen molar-refractivity contribution >= 4 is 21.8 Å². The zero-order valence-electron chi connectivity index (χ0n) is 17.9. The van der Waals surface area contributed by atoms with E-state index >= 15 is 0 Å². The lowest BCUT2D eigenvalue weighted by Gasteiger charge is -2.41. The number of nitrogens with zero attached hydrogens (tertiary/aromatic N) is 3. The lowest BCUT2D eigenvalue weighted by Crippen LogP contribution is -2.58. The van der Waals surface area contributed by atoms with Crippen LogP contribution >= 0.6 is 0 Å². The van der Waals surface area contributed by atoms with E-state index in [9.17, 15) is 22.4 Å². The van der Waals surface area contributed by atoms with Crippen molar-refractivity contribution in [2.75, 3.05) is 26.2 Å². The fraction of sp³-hybridized carbons (Fsp3) is 0.391. The van der Waals surface area contributed by atoms with Crippen LogP contribution in [-0.4, -0.2) is 66.6 Å². The van der Waals surface area contributed by atoms with Gasteiger partial charge < -0.3 is 9.80 Å². The number of rotatable bonds is 5. The van der Waals surface area contributed by atoms with Gasteiger partial charge in [0.2, 0.25) is 10.0 Å². The summed E-state index contributed by atoms with van der Waals surface area (Å²) in [5, 5.41) is 0. The number of carbonyl (C=O) groups is 2. The summed E-state index contributed by atoms with van der Waals surface area (Å²) in [4.78, 5) is 28.7. The second kappa shape index (κ2) is 8.99. The molecule has 2 amide bonds. The largest absolute Gasteiger partial charge is 0.330 e. The standard InChI is InChI=1S/C23H26FN3O4S/c1-17-3-2-4-21(15-17)32(30,31)26-11-9-20(10-12-26)27-14-13-25(22(28)23(27)29)16-18-5-7-19(24)8-6-18/h2-8,15,20H,9-14,16H2,1H3. The van der Waals surface area contributed by atoms with Crippen molar-refractivity contribution in [1.29, 1.82) is 0 Å².